The van der Waals surface area contributed by atoms with Crippen LogP contribution in [-0.2, 0) is 6.54 Å². The fraction of sp³-hybridized carbons (Fsp3) is 0.105. The van der Waals surface area contributed by atoms with Gasteiger partial charge < -0.3 is 9.88 Å². The smallest absolute Gasteiger partial charge is 0.253 e. The molecule has 3 heterocycles. The van der Waals surface area contributed by atoms with Crippen LogP contribution in [-0.4, -0.2) is 27.0 Å². The molecule has 0 saturated carbocycles. The summed E-state index contributed by atoms with van der Waals surface area (Å²) in [7, 11) is 0. The molecule has 1 N–H and O–H groups in total. The number of para-hydroxylation sites is 2. The second-order valence-corrected chi connectivity index (χ2v) is 6.39. The molecular formula is C19H13ClN4O. The summed E-state index contributed by atoms with van der Waals surface area (Å²) < 4.78 is 2.06. The molecule has 6 heteroatoms. The van der Waals surface area contributed by atoms with Gasteiger partial charge in [0.2, 0.25) is 0 Å². The number of nitrogens with one attached hydrogen (secondary N) is 1. The number of carbonyl (C=O) groups is 1. The van der Waals surface area contributed by atoms with E-state index in [-0.39, 0.29) is 5.91 Å². The summed E-state index contributed by atoms with van der Waals surface area (Å²) in [5.74, 6) is 0.667. The molecule has 1 amide bonds. The van der Waals surface area contributed by atoms with Crippen LogP contribution in [0.1, 0.15) is 10.4 Å². The largest absolute Gasteiger partial charge is 0.350 e. The van der Waals surface area contributed by atoms with Gasteiger partial charge in [-0.15, -0.1) is 0 Å². The average molecular weight is 349 g/mol. The Kier molecular flexibility index (Phi) is 3.05. The molecule has 25 heavy (non-hydrogen) atoms. The van der Waals surface area contributed by atoms with E-state index in [0.717, 1.165) is 33.3 Å². The molecular weight excluding hydrogens is 336 g/mol. The normalized spacial score (nSPS) is 13.9. The molecule has 2 aromatic carbocycles. The van der Waals surface area contributed by atoms with E-state index in [0.29, 0.717) is 23.8 Å². The number of aromatic nitrogens is 3. The summed E-state index contributed by atoms with van der Waals surface area (Å²) in [6.07, 6.45) is 0. The monoisotopic (exact) mass is 348 g/mol. The van der Waals surface area contributed by atoms with Gasteiger partial charge in [0, 0.05) is 18.5 Å². The van der Waals surface area contributed by atoms with Gasteiger partial charge in [0.05, 0.1) is 27.7 Å². The standard InChI is InChI=1S/C19H13ClN4O/c20-17-13(10-11-4-1-2-6-14(11)22-17)18-23-15-7-3-5-12-16(15)24(18)9-8-21-19(12)25/h1-7,10H,8-9H2,(H,21,25). The number of hydrogen-bond donors (Lipinski definition) is 1. The number of imidazole rings is 1. The maximum atomic E-state index is 12.3. The first-order chi connectivity index (χ1) is 12.2. The van der Waals surface area contributed by atoms with Crippen LogP contribution in [0.2, 0.25) is 5.15 Å². The van der Waals surface area contributed by atoms with Crippen molar-refractivity contribution in [2.45, 2.75) is 6.54 Å². The fourth-order valence-corrected chi connectivity index (χ4v) is 3.65. The quantitative estimate of drug-likeness (QED) is 0.534. The first kappa shape index (κ1) is 14.4. The zero-order valence-corrected chi connectivity index (χ0v) is 13.9. The molecule has 0 bridgehead atoms. The van der Waals surface area contributed by atoms with E-state index in [1.54, 1.807) is 0 Å². The van der Waals surface area contributed by atoms with Crippen molar-refractivity contribution in [2.75, 3.05) is 6.54 Å². The van der Waals surface area contributed by atoms with Gasteiger partial charge in [0.1, 0.15) is 11.0 Å². The van der Waals surface area contributed by atoms with Crippen molar-refractivity contribution < 1.29 is 4.79 Å². The van der Waals surface area contributed by atoms with Crippen molar-refractivity contribution in [3.05, 3.63) is 59.2 Å². The third-order valence-corrected chi connectivity index (χ3v) is 4.84. The van der Waals surface area contributed by atoms with E-state index in [1.807, 2.05) is 48.5 Å². The van der Waals surface area contributed by atoms with Gasteiger partial charge in [-0.1, -0.05) is 35.9 Å². The van der Waals surface area contributed by atoms with E-state index in [1.165, 1.54) is 0 Å². The molecule has 5 nitrogen and oxygen atoms in total. The van der Waals surface area contributed by atoms with Crippen LogP contribution in [0.5, 0.6) is 0 Å². The zero-order valence-electron chi connectivity index (χ0n) is 13.2. The molecule has 0 fully saturated rings. The third kappa shape index (κ3) is 2.13. The fourth-order valence-electron chi connectivity index (χ4n) is 3.42. The first-order valence-electron chi connectivity index (χ1n) is 8.05. The second kappa shape index (κ2) is 5.29. The summed E-state index contributed by atoms with van der Waals surface area (Å²) in [6, 6.07) is 15.4. The third-order valence-electron chi connectivity index (χ3n) is 4.55. The van der Waals surface area contributed by atoms with Crippen LogP contribution in [0.4, 0.5) is 0 Å². The summed E-state index contributed by atoms with van der Waals surface area (Å²) in [6.45, 7) is 1.18. The lowest BCUT2D eigenvalue weighted by Gasteiger charge is -2.09. The van der Waals surface area contributed by atoms with Crippen LogP contribution in [0.15, 0.2) is 48.5 Å². The van der Waals surface area contributed by atoms with Crippen molar-refractivity contribution in [2.24, 2.45) is 0 Å². The molecule has 0 unspecified atom stereocenters. The molecule has 0 radical (unpaired) electrons. The van der Waals surface area contributed by atoms with E-state index in [9.17, 15) is 4.79 Å². The van der Waals surface area contributed by atoms with Crippen LogP contribution in [0.25, 0.3) is 33.3 Å². The predicted octanol–water partition coefficient (Wildman–Crippen LogP) is 3.65. The maximum Gasteiger partial charge on any atom is 0.253 e. The van der Waals surface area contributed by atoms with Crippen LogP contribution in [0, 0.1) is 0 Å². The molecule has 0 atom stereocenters. The molecule has 0 saturated heterocycles. The average Bonchev–Trinajstić information content (AvgIpc) is 2.90. The van der Waals surface area contributed by atoms with Crippen molar-refractivity contribution in [3.63, 3.8) is 0 Å². The highest BCUT2D eigenvalue weighted by molar-refractivity contribution is 6.32. The highest BCUT2D eigenvalue weighted by atomic mass is 35.5. The van der Waals surface area contributed by atoms with E-state index in [4.69, 9.17) is 16.6 Å². The Bertz CT molecular complexity index is 1160. The van der Waals surface area contributed by atoms with Crippen LogP contribution in [0.3, 0.4) is 0 Å². The summed E-state index contributed by atoms with van der Waals surface area (Å²) in [5, 5.41) is 4.34. The topological polar surface area (TPSA) is 59.8 Å². The van der Waals surface area contributed by atoms with Crippen LogP contribution < -0.4 is 5.32 Å². The Hall–Kier alpha value is -2.92. The maximum absolute atomic E-state index is 12.3. The Labute approximate surface area is 148 Å². The SMILES string of the molecule is O=C1NCCn2c(-c3cc4ccccc4nc3Cl)nc3cccc1c32. The van der Waals surface area contributed by atoms with Gasteiger partial charge in [0.15, 0.2) is 0 Å². The minimum atomic E-state index is -0.0708. The van der Waals surface area contributed by atoms with E-state index >= 15 is 0 Å². The zero-order chi connectivity index (χ0) is 17.0. The number of rotatable bonds is 1. The van der Waals surface area contributed by atoms with Crippen molar-refractivity contribution in [3.8, 4) is 11.4 Å². The second-order valence-electron chi connectivity index (χ2n) is 6.04. The number of hydrogen-bond acceptors (Lipinski definition) is 3. The number of amides is 1. The molecule has 4 aromatic rings. The van der Waals surface area contributed by atoms with Gasteiger partial charge in [-0.05, 0) is 24.3 Å². The molecule has 0 spiro atoms. The number of carbonyl (C=O) groups excluding carboxylic acids is 1. The predicted molar refractivity (Wildman–Crippen MR) is 97.8 cm³/mol. The number of benzene rings is 2. The molecule has 1 aliphatic rings. The van der Waals surface area contributed by atoms with Gasteiger partial charge in [-0.25, -0.2) is 9.97 Å². The lowest BCUT2D eigenvalue weighted by Crippen LogP contribution is -2.24. The number of halogens is 1. The Morgan fingerprint density at radius 2 is 1.84 bits per heavy atom. The summed E-state index contributed by atoms with van der Waals surface area (Å²) in [4.78, 5) is 21.6. The highest BCUT2D eigenvalue weighted by Crippen LogP contribution is 2.33. The minimum Gasteiger partial charge on any atom is -0.350 e. The van der Waals surface area contributed by atoms with Gasteiger partial charge in [0.25, 0.3) is 5.91 Å². The minimum absolute atomic E-state index is 0.0708. The van der Waals surface area contributed by atoms with E-state index < -0.39 is 0 Å². The van der Waals surface area contributed by atoms with Crippen LogP contribution >= 0.6 is 11.6 Å². The molecule has 1 aliphatic heterocycles. The van der Waals surface area contributed by atoms with Crippen molar-refractivity contribution in [1.29, 1.82) is 0 Å². The number of pyridine rings is 1. The first-order valence-corrected chi connectivity index (χ1v) is 8.43. The Morgan fingerprint density at radius 1 is 1.00 bits per heavy atom. The number of nitrogens with zero attached hydrogens (tertiary/aromatic N) is 3. The van der Waals surface area contributed by atoms with Gasteiger partial charge in [-0.3, -0.25) is 4.79 Å². The van der Waals surface area contributed by atoms with E-state index in [2.05, 4.69) is 14.9 Å². The summed E-state index contributed by atoms with van der Waals surface area (Å²) >= 11 is 6.47. The lowest BCUT2D eigenvalue weighted by atomic mass is 10.1. The molecule has 0 aliphatic carbocycles. The Morgan fingerprint density at radius 3 is 2.76 bits per heavy atom. The molecule has 5 rings (SSSR count). The van der Waals surface area contributed by atoms with Crippen molar-refractivity contribution in [1.82, 2.24) is 19.9 Å². The van der Waals surface area contributed by atoms with Gasteiger partial charge in [-0.2, -0.15) is 0 Å². The summed E-state index contributed by atoms with van der Waals surface area (Å²) in [5.41, 5.74) is 3.89. The molecule has 122 valence electrons. The molecule has 2 aromatic heterocycles. The number of fused-ring (bicyclic) bond motifs is 1. The lowest BCUT2D eigenvalue weighted by molar-refractivity contribution is 0.0956. The Balaban J connectivity index is 1.84. The van der Waals surface area contributed by atoms with Gasteiger partial charge >= 0.3 is 0 Å². The van der Waals surface area contributed by atoms with Crippen molar-refractivity contribution >= 4 is 39.4 Å². The highest BCUT2D eigenvalue weighted by Gasteiger charge is 2.23.